The van der Waals surface area contributed by atoms with Gasteiger partial charge in [0.05, 0.1) is 19.6 Å². The van der Waals surface area contributed by atoms with E-state index in [4.69, 9.17) is 0 Å². The largest absolute Gasteiger partial charge is 0.480 e. The van der Waals surface area contributed by atoms with E-state index in [-0.39, 0.29) is 0 Å². The van der Waals surface area contributed by atoms with Gasteiger partial charge in [0.2, 0.25) is 0 Å². The lowest BCUT2D eigenvalue weighted by molar-refractivity contribution is -0.908. The molecule has 1 aliphatic heterocycles. The van der Waals surface area contributed by atoms with Crippen molar-refractivity contribution in [3.63, 3.8) is 0 Å². The van der Waals surface area contributed by atoms with E-state index in [1.54, 1.807) is 0 Å². The summed E-state index contributed by atoms with van der Waals surface area (Å²) in [6.45, 7) is 9.05. The second kappa shape index (κ2) is 14.0. The zero-order valence-corrected chi connectivity index (χ0v) is 20.1. The third kappa shape index (κ3) is 12.6. The number of rotatable bonds is 11. The number of alkyl halides is 6. The fraction of sp³-hybridized carbons (Fsp3) is 1.00. The Balaban J connectivity index is 0.000000607. The standard InChI is InChI=1S/C16H33N.C2F6NO4S2/c1-3-4-5-6-7-8-9-10-13-17-14-11-12-16(2)15-17;3-1(4,5)14(10,11)9-15(12,13)2(6,7)8/h16H,3-15H2,1-2H3;/q;-1/p+1. The molecule has 0 aliphatic carbocycles. The van der Waals surface area contributed by atoms with Crippen LogP contribution in [0.2, 0.25) is 0 Å². The Morgan fingerprint density at radius 1 is 0.812 bits per heavy atom. The topological polar surface area (TPSA) is 86.8 Å². The minimum atomic E-state index is -6.72. The Labute approximate surface area is 187 Å². The highest BCUT2D eigenvalue weighted by Crippen LogP contribution is 2.36. The lowest BCUT2D eigenvalue weighted by Crippen LogP contribution is -3.13. The molecule has 1 saturated heterocycles. The first-order valence-corrected chi connectivity index (χ1v) is 13.6. The van der Waals surface area contributed by atoms with Crippen LogP contribution in [0.3, 0.4) is 0 Å². The average molecular weight is 521 g/mol. The van der Waals surface area contributed by atoms with E-state index in [2.05, 4.69) is 13.8 Å². The maximum atomic E-state index is 11.4. The number of hydrogen-bond acceptors (Lipinski definition) is 4. The maximum Gasteiger partial charge on any atom is 0.480 e. The molecule has 0 saturated carbocycles. The first-order valence-electron chi connectivity index (χ1n) is 10.7. The lowest BCUT2D eigenvalue weighted by atomic mass is 10.00. The monoisotopic (exact) mass is 520 g/mol. The van der Waals surface area contributed by atoms with E-state index in [0.717, 1.165) is 10.0 Å². The molecule has 0 spiro atoms. The van der Waals surface area contributed by atoms with Gasteiger partial charge in [0.25, 0.3) is 0 Å². The number of hydrogen-bond donors (Lipinski definition) is 1. The number of nitrogens with one attached hydrogen (secondary N) is 1. The van der Waals surface area contributed by atoms with E-state index in [1.807, 2.05) is 4.90 Å². The zero-order chi connectivity index (χ0) is 25.1. The summed E-state index contributed by atoms with van der Waals surface area (Å²) in [5, 5.41) is 0. The summed E-state index contributed by atoms with van der Waals surface area (Å²) in [5.41, 5.74) is -12.4. The van der Waals surface area contributed by atoms with E-state index >= 15 is 0 Å². The quantitative estimate of drug-likeness (QED) is 0.321. The molecule has 0 aromatic rings. The van der Waals surface area contributed by atoms with Crippen molar-refractivity contribution in [2.75, 3.05) is 19.6 Å². The van der Waals surface area contributed by atoms with Gasteiger partial charge in [-0.2, -0.15) is 26.3 Å². The minimum absolute atomic E-state index is 0.778. The van der Waals surface area contributed by atoms with Crippen molar-refractivity contribution in [2.24, 2.45) is 5.92 Å². The molecule has 1 fully saturated rings. The van der Waals surface area contributed by atoms with E-state index < -0.39 is 31.1 Å². The molecule has 1 aliphatic rings. The van der Waals surface area contributed by atoms with Gasteiger partial charge >= 0.3 is 11.0 Å². The van der Waals surface area contributed by atoms with Gasteiger partial charge in [-0.15, -0.1) is 0 Å². The van der Waals surface area contributed by atoms with Crippen LogP contribution in [-0.4, -0.2) is 47.5 Å². The number of likely N-dealkylation sites (tertiary alicyclic amines) is 1. The molecule has 0 aromatic heterocycles. The van der Waals surface area contributed by atoms with Crippen molar-refractivity contribution in [2.45, 2.75) is 89.1 Å². The number of quaternary nitrogens is 1. The Morgan fingerprint density at radius 2 is 1.25 bits per heavy atom. The summed E-state index contributed by atoms with van der Waals surface area (Å²) in [6.07, 6.45) is 14.6. The van der Waals surface area contributed by atoms with Crippen LogP contribution in [0.5, 0.6) is 0 Å². The number of sulfonamides is 2. The SMILES string of the molecule is CCCCCCCCCC[NH+]1CCCC(C)C1.O=S(=O)([N-]S(=O)(=O)C(F)(F)F)C(F)(F)F. The minimum Gasteiger partial charge on any atom is -0.421 e. The Hall–Kier alpha value is -0.600. The fourth-order valence-corrected chi connectivity index (χ4v) is 5.06. The molecule has 1 N–H and O–H groups in total. The number of piperidine rings is 1. The van der Waals surface area contributed by atoms with Crippen LogP contribution in [0.1, 0.15) is 78.1 Å². The lowest BCUT2D eigenvalue weighted by Gasteiger charge is -2.27. The van der Waals surface area contributed by atoms with Gasteiger partial charge in [0.15, 0.2) is 20.0 Å². The Morgan fingerprint density at radius 3 is 1.66 bits per heavy atom. The summed E-state index contributed by atoms with van der Waals surface area (Å²) in [7, 11) is -13.4. The van der Waals surface area contributed by atoms with Crippen LogP contribution in [0, 0.1) is 5.92 Å². The predicted octanol–water partition coefficient (Wildman–Crippen LogP) is 4.50. The van der Waals surface area contributed by atoms with Crippen molar-refractivity contribution in [1.29, 1.82) is 0 Å². The molecule has 2 unspecified atom stereocenters. The van der Waals surface area contributed by atoms with Gasteiger partial charge in [0.1, 0.15) is 0 Å². The number of nitrogens with zero attached hydrogens (tertiary/aromatic N) is 1. The van der Waals surface area contributed by atoms with Crippen molar-refractivity contribution < 1.29 is 48.1 Å². The van der Waals surface area contributed by atoms with Crippen LogP contribution in [0.25, 0.3) is 4.13 Å². The fourth-order valence-electron chi connectivity index (χ4n) is 3.35. The van der Waals surface area contributed by atoms with Gasteiger partial charge in [-0.05, 0) is 25.7 Å². The zero-order valence-electron chi connectivity index (χ0n) is 18.4. The van der Waals surface area contributed by atoms with Crippen LogP contribution in [0.15, 0.2) is 0 Å². The second-order valence-corrected chi connectivity index (χ2v) is 11.5. The molecule has 1 heterocycles. The first-order chi connectivity index (χ1) is 14.5. The van der Waals surface area contributed by atoms with Gasteiger partial charge in [-0.25, -0.2) is 16.8 Å². The van der Waals surface area contributed by atoms with Crippen LogP contribution in [0.4, 0.5) is 26.3 Å². The van der Waals surface area contributed by atoms with Gasteiger partial charge in [-0.1, -0.05) is 52.4 Å². The average Bonchev–Trinajstić information content (AvgIpc) is 2.62. The van der Waals surface area contributed by atoms with Crippen molar-refractivity contribution >= 4 is 20.0 Å². The summed E-state index contributed by atoms with van der Waals surface area (Å²) in [6, 6.07) is 0. The summed E-state index contributed by atoms with van der Waals surface area (Å²) >= 11 is 0. The second-order valence-electron chi connectivity index (χ2n) is 8.09. The van der Waals surface area contributed by atoms with Crippen LogP contribution < -0.4 is 4.90 Å². The molecule has 1 rings (SSSR count). The Kier molecular flexibility index (Phi) is 13.7. The molecule has 0 amide bonds. The molecular weight excluding hydrogens is 486 g/mol. The van der Waals surface area contributed by atoms with Crippen LogP contribution in [-0.2, 0) is 20.0 Å². The summed E-state index contributed by atoms with van der Waals surface area (Å²) in [5.74, 6) is 0.979. The molecule has 2 atom stereocenters. The normalized spacial score (nSPS) is 20.5. The highest BCUT2D eigenvalue weighted by Gasteiger charge is 2.46. The van der Waals surface area contributed by atoms with Crippen molar-refractivity contribution in [1.82, 2.24) is 0 Å². The Bertz CT molecular complexity index is 683. The number of unbranched alkanes of at least 4 members (excludes halogenated alkanes) is 7. The van der Waals surface area contributed by atoms with E-state index in [9.17, 15) is 43.2 Å². The van der Waals surface area contributed by atoms with Crippen molar-refractivity contribution in [3.8, 4) is 0 Å². The highest BCUT2D eigenvalue weighted by molar-refractivity contribution is 8.13. The van der Waals surface area contributed by atoms with Gasteiger partial charge in [-0.3, -0.25) is 0 Å². The first kappa shape index (κ1) is 31.4. The molecule has 0 aromatic carbocycles. The maximum absolute atomic E-state index is 11.4. The van der Waals surface area contributed by atoms with Gasteiger partial charge in [0, 0.05) is 5.92 Å². The molecule has 0 bridgehead atoms. The molecule has 0 radical (unpaired) electrons. The third-order valence-electron chi connectivity index (χ3n) is 5.03. The summed E-state index contributed by atoms with van der Waals surface area (Å²) < 4.78 is 109. The molecule has 14 heteroatoms. The molecular formula is C18H34F6N2O4S2. The van der Waals surface area contributed by atoms with Crippen molar-refractivity contribution in [3.05, 3.63) is 4.13 Å². The van der Waals surface area contributed by atoms with Crippen LogP contribution >= 0.6 is 0 Å². The summed E-state index contributed by atoms with van der Waals surface area (Å²) in [4.78, 5) is 1.88. The smallest absolute Gasteiger partial charge is 0.421 e. The van der Waals surface area contributed by atoms with E-state index in [0.29, 0.717) is 0 Å². The third-order valence-corrected chi connectivity index (χ3v) is 7.77. The molecule has 6 nitrogen and oxygen atoms in total. The predicted molar refractivity (Wildman–Crippen MR) is 110 cm³/mol. The molecule has 194 valence electrons. The molecule has 32 heavy (non-hydrogen) atoms. The van der Waals surface area contributed by atoms with E-state index in [1.165, 1.54) is 83.8 Å². The number of halogens is 6. The highest BCUT2D eigenvalue weighted by atomic mass is 32.3. The van der Waals surface area contributed by atoms with Gasteiger partial charge < -0.3 is 9.03 Å².